The van der Waals surface area contributed by atoms with Crippen molar-refractivity contribution in [3.05, 3.63) is 59.1 Å². The van der Waals surface area contributed by atoms with Gasteiger partial charge in [-0.15, -0.1) is 0 Å². The first-order chi connectivity index (χ1) is 10.2. The van der Waals surface area contributed by atoms with Crippen LogP contribution in [0.15, 0.2) is 48.5 Å². The second-order valence-corrected chi connectivity index (χ2v) is 5.22. The van der Waals surface area contributed by atoms with E-state index in [1.807, 2.05) is 55.5 Å². The van der Waals surface area contributed by atoms with Gasteiger partial charge in [-0.05, 0) is 48.9 Å². The fraction of sp³-hybridized carbons (Fsp3) is 0.118. The monoisotopic (exact) mass is 298 g/mol. The van der Waals surface area contributed by atoms with Gasteiger partial charge >= 0.3 is 0 Å². The van der Waals surface area contributed by atoms with Crippen LogP contribution < -0.4 is 10.1 Å². The minimum atomic E-state index is 0.655. The molecule has 1 N–H and O–H groups in total. The van der Waals surface area contributed by atoms with Crippen LogP contribution in [0.1, 0.15) is 5.56 Å². The van der Waals surface area contributed by atoms with Crippen LogP contribution in [-0.2, 0) is 0 Å². The number of methoxy groups -OCH3 is 1. The average molecular weight is 299 g/mol. The molecule has 0 aliphatic rings. The second kappa shape index (κ2) is 5.62. The van der Waals surface area contributed by atoms with Crippen LogP contribution in [0.25, 0.3) is 10.9 Å². The maximum absolute atomic E-state index is 6.19. The highest BCUT2D eigenvalue weighted by Gasteiger charge is 2.04. The van der Waals surface area contributed by atoms with Gasteiger partial charge in [0.05, 0.1) is 17.6 Å². The van der Waals surface area contributed by atoms with E-state index in [0.717, 1.165) is 33.7 Å². The summed E-state index contributed by atoms with van der Waals surface area (Å²) in [6.07, 6.45) is 0. The van der Waals surface area contributed by atoms with E-state index >= 15 is 0 Å². The number of pyridine rings is 1. The van der Waals surface area contributed by atoms with Crippen molar-refractivity contribution in [2.75, 3.05) is 12.4 Å². The number of halogens is 1. The molecule has 0 aliphatic heterocycles. The number of anilines is 2. The van der Waals surface area contributed by atoms with E-state index < -0.39 is 0 Å². The molecule has 0 unspecified atom stereocenters. The fourth-order valence-corrected chi connectivity index (χ4v) is 2.51. The van der Waals surface area contributed by atoms with Gasteiger partial charge in [0, 0.05) is 11.1 Å². The third-order valence-electron chi connectivity index (χ3n) is 3.34. The number of rotatable bonds is 3. The van der Waals surface area contributed by atoms with E-state index in [-0.39, 0.29) is 0 Å². The molecule has 2 aromatic carbocycles. The maximum Gasteiger partial charge on any atom is 0.131 e. The summed E-state index contributed by atoms with van der Waals surface area (Å²) in [6, 6.07) is 15.6. The van der Waals surface area contributed by atoms with Crippen molar-refractivity contribution in [2.24, 2.45) is 0 Å². The first-order valence-electron chi connectivity index (χ1n) is 6.64. The lowest BCUT2D eigenvalue weighted by atomic mass is 10.2. The van der Waals surface area contributed by atoms with E-state index in [4.69, 9.17) is 16.3 Å². The molecular formula is C17H15ClN2O. The number of fused-ring (bicyclic) bond motifs is 1. The number of nitrogens with zero attached hydrogens (tertiary/aromatic N) is 1. The van der Waals surface area contributed by atoms with Gasteiger partial charge < -0.3 is 10.1 Å². The molecule has 0 fully saturated rings. The summed E-state index contributed by atoms with van der Waals surface area (Å²) >= 11 is 6.19. The van der Waals surface area contributed by atoms with Crippen molar-refractivity contribution in [3.63, 3.8) is 0 Å². The van der Waals surface area contributed by atoms with Crippen molar-refractivity contribution in [3.8, 4) is 5.75 Å². The standard InChI is InChI=1S/C17H15ClN2O/c1-11-10-13(7-8-15(11)21-2)19-16-9-6-12-4-3-5-14(18)17(12)20-16/h3-10H,1-2H3,(H,19,20). The molecule has 0 saturated heterocycles. The summed E-state index contributed by atoms with van der Waals surface area (Å²) in [5.74, 6) is 1.63. The van der Waals surface area contributed by atoms with Crippen molar-refractivity contribution >= 4 is 34.0 Å². The predicted molar refractivity (Wildman–Crippen MR) is 87.8 cm³/mol. The number of hydrogen-bond acceptors (Lipinski definition) is 3. The summed E-state index contributed by atoms with van der Waals surface area (Å²) in [4.78, 5) is 4.57. The van der Waals surface area contributed by atoms with Crippen LogP contribution >= 0.6 is 11.6 Å². The molecule has 0 aliphatic carbocycles. The third-order valence-corrected chi connectivity index (χ3v) is 3.64. The highest BCUT2D eigenvalue weighted by atomic mass is 35.5. The van der Waals surface area contributed by atoms with Crippen molar-refractivity contribution < 1.29 is 4.74 Å². The molecule has 3 nitrogen and oxygen atoms in total. The number of ether oxygens (including phenoxy) is 1. The number of aromatic nitrogens is 1. The van der Waals surface area contributed by atoms with Crippen molar-refractivity contribution in [2.45, 2.75) is 6.92 Å². The van der Waals surface area contributed by atoms with Crippen LogP contribution in [0.3, 0.4) is 0 Å². The summed E-state index contributed by atoms with van der Waals surface area (Å²) in [7, 11) is 1.67. The van der Waals surface area contributed by atoms with Gasteiger partial charge in [-0.1, -0.05) is 23.7 Å². The van der Waals surface area contributed by atoms with Gasteiger partial charge in [0.15, 0.2) is 0 Å². The number of aryl methyl sites for hydroxylation is 1. The molecule has 4 heteroatoms. The molecule has 1 aromatic heterocycles. The zero-order valence-corrected chi connectivity index (χ0v) is 12.6. The molecule has 21 heavy (non-hydrogen) atoms. The largest absolute Gasteiger partial charge is 0.496 e. The minimum Gasteiger partial charge on any atom is -0.496 e. The van der Waals surface area contributed by atoms with Gasteiger partial charge in [-0.2, -0.15) is 0 Å². The van der Waals surface area contributed by atoms with Crippen LogP contribution in [0.2, 0.25) is 5.02 Å². The fourth-order valence-electron chi connectivity index (χ4n) is 2.28. The van der Waals surface area contributed by atoms with Crippen LogP contribution in [0.4, 0.5) is 11.5 Å². The Labute approximate surface area is 128 Å². The average Bonchev–Trinajstić information content (AvgIpc) is 2.48. The second-order valence-electron chi connectivity index (χ2n) is 4.82. The molecular weight excluding hydrogens is 284 g/mol. The lowest BCUT2D eigenvalue weighted by molar-refractivity contribution is 0.412. The Morgan fingerprint density at radius 1 is 1.10 bits per heavy atom. The van der Waals surface area contributed by atoms with E-state index in [2.05, 4.69) is 10.3 Å². The molecule has 3 rings (SSSR count). The number of para-hydroxylation sites is 1. The van der Waals surface area contributed by atoms with Gasteiger partial charge in [-0.3, -0.25) is 0 Å². The Morgan fingerprint density at radius 3 is 2.71 bits per heavy atom. The van der Waals surface area contributed by atoms with E-state index in [1.54, 1.807) is 7.11 Å². The van der Waals surface area contributed by atoms with Gasteiger partial charge in [0.2, 0.25) is 0 Å². The summed E-state index contributed by atoms with van der Waals surface area (Å²) in [6.45, 7) is 2.01. The lowest BCUT2D eigenvalue weighted by Crippen LogP contribution is -1.95. The smallest absolute Gasteiger partial charge is 0.131 e. The predicted octanol–water partition coefficient (Wildman–Crippen LogP) is 4.95. The SMILES string of the molecule is COc1ccc(Nc2ccc3cccc(Cl)c3n2)cc1C. The Morgan fingerprint density at radius 2 is 1.95 bits per heavy atom. The van der Waals surface area contributed by atoms with E-state index in [0.29, 0.717) is 5.02 Å². The molecule has 0 atom stereocenters. The molecule has 0 bridgehead atoms. The van der Waals surface area contributed by atoms with Gasteiger partial charge in [0.25, 0.3) is 0 Å². The van der Waals surface area contributed by atoms with Crippen molar-refractivity contribution in [1.82, 2.24) is 4.98 Å². The topological polar surface area (TPSA) is 34.1 Å². The summed E-state index contributed by atoms with van der Waals surface area (Å²) in [5.41, 5.74) is 2.84. The number of nitrogens with one attached hydrogen (secondary N) is 1. The number of benzene rings is 2. The van der Waals surface area contributed by atoms with E-state index in [1.165, 1.54) is 0 Å². The normalized spacial score (nSPS) is 10.6. The molecule has 0 radical (unpaired) electrons. The summed E-state index contributed by atoms with van der Waals surface area (Å²) in [5, 5.41) is 4.97. The minimum absolute atomic E-state index is 0.655. The van der Waals surface area contributed by atoms with Crippen LogP contribution in [0, 0.1) is 6.92 Å². The zero-order chi connectivity index (χ0) is 14.8. The Kier molecular flexibility index (Phi) is 3.67. The summed E-state index contributed by atoms with van der Waals surface area (Å²) < 4.78 is 5.26. The van der Waals surface area contributed by atoms with E-state index in [9.17, 15) is 0 Å². The Balaban J connectivity index is 1.94. The van der Waals surface area contributed by atoms with Gasteiger partial charge in [0.1, 0.15) is 11.6 Å². The first-order valence-corrected chi connectivity index (χ1v) is 7.02. The zero-order valence-electron chi connectivity index (χ0n) is 11.9. The highest BCUT2D eigenvalue weighted by Crippen LogP contribution is 2.26. The first kappa shape index (κ1) is 13.7. The maximum atomic E-state index is 6.19. The molecule has 0 amide bonds. The quantitative estimate of drug-likeness (QED) is 0.743. The highest BCUT2D eigenvalue weighted by molar-refractivity contribution is 6.35. The van der Waals surface area contributed by atoms with Crippen LogP contribution in [0.5, 0.6) is 5.75 Å². The van der Waals surface area contributed by atoms with Crippen LogP contribution in [-0.4, -0.2) is 12.1 Å². The molecule has 0 spiro atoms. The molecule has 106 valence electrons. The molecule has 3 aromatic rings. The Bertz CT molecular complexity index is 802. The molecule has 0 saturated carbocycles. The Hall–Kier alpha value is -2.26. The third kappa shape index (κ3) is 2.78. The van der Waals surface area contributed by atoms with Gasteiger partial charge in [-0.25, -0.2) is 4.98 Å². The molecule has 1 heterocycles. The van der Waals surface area contributed by atoms with Crippen molar-refractivity contribution in [1.29, 1.82) is 0 Å². The lowest BCUT2D eigenvalue weighted by Gasteiger charge is -2.10. The number of hydrogen-bond donors (Lipinski definition) is 1.